The molecule has 24 heavy (non-hydrogen) atoms. The maximum absolute atomic E-state index is 12.3. The molecule has 1 aromatic heterocycles. The maximum Gasteiger partial charge on any atom is 0.209 e. The minimum atomic E-state index is -0.0939. The molecule has 0 amide bonds. The summed E-state index contributed by atoms with van der Waals surface area (Å²) in [5, 5.41) is 8.41. The molecule has 0 saturated heterocycles. The normalized spacial score (nSPS) is 10.8. The van der Waals surface area contributed by atoms with Crippen LogP contribution >= 0.6 is 35.0 Å². The van der Waals surface area contributed by atoms with E-state index in [4.69, 9.17) is 23.2 Å². The second kappa shape index (κ2) is 7.38. The van der Waals surface area contributed by atoms with Crippen LogP contribution in [0.1, 0.15) is 15.9 Å². The Morgan fingerprint density at radius 3 is 2.79 bits per heavy atom. The van der Waals surface area contributed by atoms with Gasteiger partial charge in [0.05, 0.1) is 10.8 Å². The molecule has 3 aromatic rings. The van der Waals surface area contributed by atoms with Crippen LogP contribution in [-0.4, -0.2) is 26.7 Å². The van der Waals surface area contributed by atoms with Crippen LogP contribution in [0.5, 0.6) is 0 Å². The lowest BCUT2D eigenvalue weighted by Crippen LogP contribution is -2.03. The Morgan fingerprint density at radius 2 is 2.04 bits per heavy atom. The summed E-state index contributed by atoms with van der Waals surface area (Å²) >= 11 is 13.2. The first kappa shape index (κ1) is 17.0. The van der Waals surface area contributed by atoms with Crippen molar-refractivity contribution in [2.45, 2.75) is 12.1 Å². The van der Waals surface area contributed by atoms with Gasteiger partial charge >= 0.3 is 0 Å². The van der Waals surface area contributed by atoms with E-state index in [1.165, 1.54) is 11.8 Å². The van der Waals surface area contributed by atoms with Gasteiger partial charge in [-0.15, -0.1) is 5.10 Å². The number of benzene rings is 2. The average Bonchev–Trinajstić information content (AvgIpc) is 3.01. The molecule has 0 aliphatic rings. The number of hydrogen-bond donors (Lipinski definition) is 1. The number of thioether (sulfide) groups is 1. The SMILES string of the molecule is Cc1cccc(-c2nc(SCC(=O)c3ccc(Cl)cc3Cl)n[nH]2)c1. The minimum Gasteiger partial charge on any atom is -0.293 e. The van der Waals surface area contributed by atoms with Gasteiger partial charge in [0.1, 0.15) is 0 Å². The first-order valence-corrected chi connectivity index (χ1v) is 8.87. The van der Waals surface area contributed by atoms with Crippen LogP contribution in [0.4, 0.5) is 0 Å². The first-order valence-electron chi connectivity index (χ1n) is 7.13. The number of nitrogens with one attached hydrogen (secondary N) is 1. The Labute approximate surface area is 153 Å². The van der Waals surface area contributed by atoms with Crippen molar-refractivity contribution in [1.82, 2.24) is 15.2 Å². The Hall–Kier alpha value is -1.82. The molecule has 2 aromatic carbocycles. The predicted molar refractivity (Wildman–Crippen MR) is 98.1 cm³/mol. The number of carbonyl (C=O) groups is 1. The second-order valence-corrected chi connectivity index (χ2v) is 6.96. The number of hydrogen-bond acceptors (Lipinski definition) is 4. The van der Waals surface area contributed by atoms with Gasteiger partial charge < -0.3 is 0 Å². The van der Waals surface area contributed by atoms with Crippen molar-refractivity contribution in [2.75, 3.05) is 5.75 Å². The smallest absolute Gasteiger partial charge is 0.209 e. The minimum absolute atomic E-state index is 0.0939. The highest BCUT2D eigenvalue weighted by Gasteiger charge is 2.13. The summed E-state index contributed by atoms with van der Waals surface area (Å²) in [5.41, 5.74) is 2.55. The Bertz CT molecular complexity index is 895. The van der Waals surface area contributed by atoms with E-state index < -0.39 is 0 Å². The van der Waals surface area contributed by atoms with Gasteiger partial charge in [0.2, 0.25) is 5.16 Å². The van der Waals surface area contributed by atoms with E-state index in [1.807, 2.05) is 31.2 Å². The number of nitrogens with zero attached hydrogens (tertiary/aromatic N) is 2. The molecule has 0 radical (unpaired) electrons. The third-order valence-corrected chi connectivity index (χ3v) is 4.72. The van der Waals surface area contributed by atoms with E-state index in [9.17, 15) is 4.79 Å². The Balaban J connectivity index is 1.68. The van der Waals surface area contributed by atoms with Crippen molar-refractivity contribution in [2.24, 2.45) is 0 Å². The number of H-pyrrole nitrogens is 1. The summed E-state index contributed by atoms with van der Waals surface area (Å²) in [6.07, 6.45) is 0. The van der Waals surface area contributed by atoms with Crippen molar-refractivity contribution < 1.29 is 4.79 Å². The summed E-state index contributed by atoms with van der Waals surface area (Å²) in [6, 6.07) is 12.8. The fourth-order valence-electron chi connectivity index (χ4n) is 2.16. The predicted octanol–water partition coefficient (Wildman–Crippen LogP) is 5.06. The van der Waals surface area contributed by atoms with Crippen molar-refractivity contribution in [1.29, 1.82) is 0 Å². The first-order chi connectivity index (χ1) is 11.5. The Kier molecular flexibility index (Phi) is 5.23. The molecule has 0 spiro atoms. The second-order valence-electron chi connectivity index (χ2n) is 5.17. The van der Waals surface area contributed by atoms with Gasteiger partial charge in [0.15, 0.2) is 11.6 Å². The van der Waals surface area contributed by atoms with Crippen molar-refractivity contribution in [3.8, 4) is 11.4 Å². The molecule has 0 atom stereocenters. The monoisotopic (exact) mass is 377 g/mol. The molecule has 0 aliphatic heterocycles. The lowest BCUT2D eigenvalue weighted by atomic mass is 10.1. The molecular formula is C17H13Cl2N3OS. The van der Waals surface area contributed by atoms with E-state index >= 15 is 0 Å². The largest absolute Gasteiger partial charge is 0.293 e. The number of ketones is 1. The van der Waals surface area contributed by atoms with Gasteiger partial charge in [-0.2, -0.15) is 0 Å². The van der Waals surface area contributed by atoms with Crippen molar-refractivity contribution in [3.05, 3.63) is 63.6 Å². The molecule has 7 heteroatoms. The maximum atomic E-state index is 12.3. The summed E-state index contributed by atoms with van der Waals surface area (Å²) in [7, 11) is 0. The summed E-state index contributed by atoms with van der Waals surface area (Å²) in [4.78, 5) is 16.7. The van der Waals surface area contributed by atoms with E-state index in [0.29, 0.717) is 26.6 Å². The van der Waals surface area contributed by atoms with Crippen molar-refractivity contribution in [3.63, 3.8) is 0 Å². The van der Waals surface area contributed by atoms with E-state index in [2.05, 4.69) is 15.2 Å². The summed E-state index contributed by atoms with van der Waals surface area (Å²) in [5.74, 6) is 0.786. The fourth-order valence-corrected chi connectivity index (χ4v) is 3.35. The molecule has 0 unspecified atom stereocenters. The van der Waals surface area contributed by atoms with Gasteiger partial charge in [-0.25, -0.2) is 4.98 Å². The number of aromatic amines is 1. The molecule has 122 valence electrons. The Morgan fingerprint density at radius 1 is 1.21 bits per heavy atom. The quantitative estimate of drug-likeness (QED) is 0.498. The number of aryl methyl sites for hydroxylation is 1. The molecule has 0 fully saturated rings. The summed E-state index contributed by atoms with van der Waals surface area (Å²) in [6.45, 7) is 2.02. The van der Waals surface area contributed by atoms with Crippen LogP contribution < -0.4 is 0 Å². The van der Waals surface area contributed by atoms with Gasteiger partial charge in [-0.05, 0) is 31.2 Å². The number of rotatable bonds is 5. The van der Waals surface area contributed by atoms with Gasteiger partial charge in [0.25, 0.3) is 0 Å². The molecule has 0 bridgehead atoms. The van der Waals surface area contributed by atoms with E-state index in [0.717, 1.165) is 11.1 Å². The zero-order chi connectivity index (χ0) is 17.1. The molecule has 1 heterocycles. The highest BCUT2D eigenvalue weighted by molar-refractivity contribution is 7.99. The zero-order valence-corrected chi connectivity index (χ0v) is 15.0. The molecule has 0 saturated carbocycles. The molecule has 0 aliphatic carbocycles. The number of halogens is 2. The fraction of sp³-hybridized carbons (Fsp3) is 0.118. The topological polar surface area (TPSA) is 58.6 Å². The highest BCUT2D eigenvalue weighted by atomic mass is 35.5. The van der Waals surface area contributed by atoms with Crippen LogP contribution in [0.15, 0.2) is 47.6 Å². The zero-order valence-electron chi connectivity index (χ0n) is 12.7. The van der Waals surface area contributed by atoms with Crippen LogP contribution in [0.2, 0.25) is 10.0 Å². The van der Waals surface area contributed by atoms with Crippen LogP contribution in [0.3, 0.4) is 0 Å². The lowest BCUT2D eigenvalue weighted by Gasteiger charge is -2.02. The molecule has 1 N–H and O–H groups in total. The molecular weight excluding hydrogens is 365 g/mol. The van der Waals surface area contributed by atoms with Crippen molar-refractivity contribution >= 4 is 40.7 Å². The third-order valence-electron chi connectivity index (χ3n) is 3.32. The van der Waals surface area contributed by atoms with Gasteiger partial charge in [-0.1, -0.05) is 58.7 Å². The molecule has 4 nitrogen and oxygen atoms in total. The van der Waals surface area contributed by atoms with Crippen LogP contribution in [-0.2, 0) is 0 Å². The number of carbonyl (C=O) groups excluding carboxylic acids is 1. The van der Waals surface area contributed by atoms with Gasteiger partial charge in [0, 0.05) is 16.1 Å². The third kappa shape index (κ3) is 3.98. The van der Waals surface area contributed by atoms with Gasteiger partial charge in [-0.3, -0.25) is 9.89 Å². The van der Waals surface area contributed by atoms with E-state index in [-0.39, 0.29) is 11.5 Å². The van der Waals surface area contributed by atoms with Crippen LogP contribution in [0, 0.1) is 6.92 Å². The standard InChI is InChI=1S/C17H13Cl2N3OS/c1-10-3-2-4-11(7-10)16-20-17(22-21-16)24-9-15(23)13-6-5-12(18)8-14(13)19/h2-8H,9H2,1H3,(H,20,21,22). The van der Waals surface area contributed by atoms with E-state index in [1.54, 1.807) is 18.2 Å². The number of aromatic nitrogens is 3. The summed E-state index contributed by atoms with van der Waals surface area (Å²) < 4.78 is 0. The molecule has 3 rings (SSSR count). The van der Waals surface area contributed by atoms with Crippen LogP contribution in [0.25, 0.3) is 11.4 Å². The highest BCUT2D eigenvalue weighted by Crippen LogP contribution is 2.24. The average molecular weight is 378 g/mol. The lowest BCUT2D eigenvalue weighted by molar-refractivity contribution is 0.102. The number of Topliss-reactive ketones (excluding diaryl/α,β-unsaturated/α-hetero) is 1.